The summed E-state index contributed by atoms with van der Waals surface area (Å²) in [5.41, 5.74) is 1.85. The molecule has 4 rings (SSSR count). The molecule has 0 amide bonds. The smallest absolute Gasteiger partial charge is 0.173 e. The van der Waals surface area contributed by atoms with Gasteiger partial charge in [-0.3, -0.25) is 5.10 Å². The first-order valence-electron chi connectivity index (χ1n) is 9.77. The van der Waals surface area contributed by atoms with E-state index in [1.165, 1.54) is 24.4 Å². The van der Waals surface area contributed by atoms with Crippen LogP contribution in [0.1, 0.15) is 12.5 Å². The molecule has 0 radical (unpaired) electrons. The van der Waals surface area contributed by atoms with Crippen molar-refractivity contribution in [1.29, 1.82) is 0 Å². The number of nitrogens with zero attached hydrogens (tertiary/aromatic N) is 1. The highest BCUT2D eigenvalue weighted by molar-refractivity contribution is 5.73. The monoisotopic (exact) mass is 420 g/mol. The fourth-order valence-electron chi connectivity index (χ4n) is 3.03. The van der Waals surface area contributed by atoms with Gasteiger partial charge in [0, 0.05) is 11.6 Å². The SMILES string of the molecule is CCOc1ccccc1Oc1cn[nH]c1-c1ccc(OCc2ccc(F)cc2)cc1O. The average Bonchev–Trinajstić information content (AvgIpc) is 3.23. The van der Waals surface area contributed by atoms with Crippen molar-refractivity contribution in [2.24, 2.45) is 0 Å². The summed E-state index contributed by atoms with van der Waals surface area (Å²) >= 11 is 0. The minimum Gasteiger partial charge on any atom is -0.507 e. The molecule has 7 heteroatoms. The molecule has 0 aliphatic rings. The molecule has 0 saturated heterocycles. The molecule has 0 fully saturated rings. The maximum absolute atomic E-state index is 13.0. The maximum atomic E-state index is 13.0. The molecule has 0 aliphatic carbocycles. The van der Waals surface area contributed by atoms with Crippen LogP contribution in [0.3, 0.4) is 0 Å². The number of nitrogens with one attached hydrogen (secondary N) is 1. The van der Waals surface area contributed by atoms with Crippen molar-refractivity contribution in [2.45, 2.75) is 13.5 Å². The van der Waals surface area contributed by atoms with Gasteiger partial charge in [0.15, 0.2) is 17.2 Å². The Labute approximate surface area is 178 Å². The predicted octanol–water partition coefficient (Wildman–Crippen LogP) is 5.69. The Hall–Kier alpha value is -4.00. The zero-order valence-electron chi connectivity index (χ0n) is 16.8. The number of benzene rings is 3. The lowest BCUT2D eigenvalue weighted by Crippen LogP contribution is -1.96. The molecule has 158 valence electrons. The Kier molecular flexibility index (Phi) is 6.03. The first-order valence-corrected chi connectivity index (χ1v) is 9.77. The molecule has 3 aromatic carbocycles. The number of halogens is 1. The summed E-state index contributed by atoms with van der Waals surface area (Å²) in [4.78, 5) is 0. The lowest BCUT2D eigenvalue weighted by atomic mass is 10.1. The molecule has 4 aromatic rings. The summed E-state index contributed by atoms with van der Waals surface area (Å²) in [7, 11) is 0. The van der Waals surface area contributed by atoms with E-state index in [0.717, 1.165) is 5.56 Å². The van der Waals surface area contributed by atoms with E-state index in [4.69, 9.17) is 14.2 Å². The number of hydrogen-bond donors (Lipinski definition) is 2. The van der Waals surface area contributed by atoms with Gasteiger partial charge in [0.25, 0.3) is 0 Å². The van der Waals surface area contributed by atoms with Gasteiger partial charge < -0.3 is 19.3 Å². The van der Waals surface area contributed by atoms with Crippen LogP contribution < -0.4 is 14.2 Å². The van der Waals surface area contributed by atoms with Crippen molar-refractivity contribution in [3.05, 3.63) is 84.3 Å². The van der Waals surface area contributed by atoms with Crippen LogP contribution in [0, 0.1) is 5.82 Å². The number of para-hydroxylation sites is 2. The van der Waals surface area contributed by atoms with E-state index in [1.54, 1.807) is 30.3 Å². The van der Waals surface area contributed by atoms with Gasteiger partial charge in [-0.1, -0.05) is 24.3 Å². The summed E-state index contributed by atoms with van der Waals surface area (Å²) < 4.78 is 30.3. The Morgan fingerprint density at radius 1 is 0.935 bits per heavy atom. The summed E-state index contributed by atoms with van der Waals surface area (Å²) in [6.07, 6.45) is 1.54. The second kappa shape index (κ2) is 9.21. The highest BCUT2D eigenvalue weighted by Crippen LogP contribution is 2.40. The van der Waals surface area contributed by atoms with E-state index in [2.05, 4.69) is 10.2 Å². The number of hydrogen-bond acceptors (Lipinski definition) is 5. The van der Waals surface area contributed by atoms with E-state index < -0.39 is 0 Å². The van der Waals surface area contributed by atoms with Crippen LogP contribution in [0.2, 0.25) is 0 Å². The number of phenolic OH excluding ortho intramolecular Hbond substituents is 1. The summed E-state index contributed by atoms with van der Waals surface area (Å²) in [5, 5.41) is 17.5. The van der Waals surface area contributed by atoms with Gasteiger partial charge in [0.2, 0.25) is 0 Å². The number of aromatic hydroxyl groups is 1. The third-order valence-electron chi connectivity index (χ3n) is 4.53. The molecule has 0 bridgehead atoms. The zero-order chi connectivity index (χ0) is 21.6. The van der Waals surface area contributed by atoms with Crippen LogP contribution >= 0.6 is 0 Å². The Balaban J connectivity index is 1.52. The van der Waals surface area contributed by atoms with E-state index >= 15 is 0 Å². The molecule has 6 nitrogen and oxygen atoms in total. The van der Waals surface area contributed by atoms with Crippen molar-refractivity contribution in [3.8, 4) is 40.0 Å². The van der Waals surface area contributed by atoms with Gasteiger partial charge in [0.1, 0.15) is 29.6 Å². The highest BCUT2D eigenvalue weighted by Gasteiger charge is 2.16. The number of aromatic nitrogens is 2. The standard InChI is InChI=1S/C24H21FN2O4/c1-2-29-21-5-3-4-6-22(21)31-23-14-26-27-24(23)19-12-11-18(13-20(19)28)30-15-16-7-9-17(25)10-8-16/h3-14,28H,2,15H2,1H3,(H,26,27). The molecule has 0 aliphatic heterocycles. The summed E-state index contributed by atoms with van der Waals surface area (Å²) in [6.45, 7) is 2.67. The fraction of sp³-hybridized carbons (Fsp3) is 0.125. The summed E-state index contributed by atoms with van der Waals surface area (Å²) in [6, 6.07) is 18.4. The second-order valence-electron chi connectivity index (χ2n) is 6.69. The van der Waals surface area contributed by atoms with E-state index in [0.29, 0.717) is 40.9 Å². The molecular weight excluding hydrogens is 399 g/mol. The number of aromatic amines is 1. The third kappa shape index (κ3) is 4.78. The lowest BCUT2D eigenvalue weighted by molar-refractivity contribution is 0.304. The molecular formula is C24H21FN2O4. The average molecular weight is 420 g/mol. The van der Waals surface area contributed by atoms with Crippen molar-refractivity contribution >= 4 is 0 Å². The number of rotatable bonds is 8. The van der Waals surface area contributed by atoms with E-state index in [1.807, 2.05) is 25.1 Å². The zero-order valence-corrected chi connectivity index (χ0v) is 16.8. The van der Waals surface area contributed by atoms with E-state index in [9.17, 15) is 9.50 Å². The van der Waals surface area contributed by atoms with Crippen molar-refractivity contribution in [2.75, 3.05) is 6.61 Å². The van der Waals surface area contributed by atoms with Crippen LogP contribution in [0.15, 0.2) is 72.9 Å². The van der Waals surface area contributed by atoms with Crippen molar-refractivity contribution < 1.29 is 23.7 Å². The summed E-state index contributed by atoms with van der Waals surface area (Å²) in [5.74, 6) is 1.80. The van der Waals surface area contributed by atoms with Crippen molar-refractivity contribution in [3.63, 3.8) is 0 Å². The second-order valence-corrected chi connectivity index (χ2v) is 6.69. The molecule has 31 heavy (non-hydrogen) atoms. The number of ether oxygens (including phenoxy) is 3. The maximum Gasteiger partial charge on any atom is 0.173 e. The van der Waals surface area contributed by atoms with Gasteiger partial charge in [-0.15, -0.1) is 0 Å². The van der Waals surface area contributed by atoms with Gasteiger partial charge in [-0.25, -0.2) is 4.39 Å². The molecule has 1 heterocycles. The van der Waals surface area contributed by atoms with Crippen LogP contribution in [0.5, 0.6) is 28.7 Å². The Bertz CT molecular complexity index is 1160. The largest absolute Gasteiger partial charge is 0.507 e. The van der Waals surface area contributed by atoms with Crippen LogP contribution in [0.25, 0.3) is 11.3 Å². The van der Waals surface area contributed by atoms with Crippen LogP contribution in [0.4, 0.5) is 4.39 Å². The first-order chi connectivity index (χ1) is 15.1. The van der Waals surface area contributed by atoms with Crippen molar-refractivity contribution in [1.82, 2.24) is 10.2 Å². The van der Waals surface area contributed by atoms with E-state index in [-0.39, 0.29) is 18.2 Å². The fourth-order valence-corrected chi connectivity index (χ4v) is 3.03. The normalized spacial score (nSPS) is 10.6. The molecule has 0 saturated carbocycles. The topological polar surface area (TPSA) is 76.6 Å². The predicted molar refractivity (Wildman–Crippen MR) is 114 cm³/mol. The quantitative estimate of drug-likeness (QED) is 0.383. The Morgan fingerprint density at radius 3 is 2.45 bits per heavy atom. The van der Waals surface area contributed by atoms with Gasteiger partial charge in [0.05, 0.1) is 12.8 Å². The molecule has 1 aromatic heterocycles. The number of phenols is 1. The highest BCUT2D eigenvalue weighted by atomic mass is 19.1. The number of H-pyrrole nitrogens is 1. The van der Waals surface area contributed by atoms with Gasteiger partial charge in [-0.05, 0) is 48.9 Å². The van der Waals surface area contributed by atoms with Crippen LogP contribution in [-0.4, -0.2) is 21.9 Å². The Morgan fingerprint density at radius 2 is 1.71 bits per heavy atom. The van der Waals surface area contributed by atoms with Gasteiger partial charge in [-0.2, -0.15) is 5.10 Å². The molecule has 0 atom stereocenters. The van der Waals surface area contributed by atoms with Crippen LogP contribution in [-0.2, 0) is 6.61 Å². The third-order valence-corrected chi connectivity index (χ3v) is 4.53. The molecule has 0 unspecified atom stereocenters. The molecule has 2 N–H and O–H groups in total. The lowest BCUT2D eigenvalue weighted by Gasteiger charge is -2.12. The first kappa shape index (κ1) is 20.3. The molecule has 0 spiro atoms. The van der Waals surface area contributed by atoms with Gasteiger partial charge >= 0.3 is 0 Å². The minimum absolute atomic E-state index is 0.00352. The minimum atomic E-state index is -0.299.